The van der Waals surface area contributed by atoms with E-state index < -0.39 is 0 Å². The zero-order valence-corrected chi connectivity index (χ0v) is 13.2. The number of likely N-dealkylation sites (tertiary alicyclic amines) is 1. The number of amides is 1. The average molecular weight is 298 g/mol. The Balaban J connectivity index is 1.56. The van der Waals surface area contributed by atoms with E-state index in [0.717, 1.165) is 43.7 Å². The fraction of sp³-hybridized carbons (Fsp3) is 0.471. The minimum absolute atomic E-state index is 0.118. The van der Waals surface area contributed by atoms with Gasteiger partial charge < -0.3 is 4.90 Å². The van der Waals surface area contributed by atoms with Crippen molar-refractivity contribution in [3.63, 3.8) is 0 Å². The van der Waals surface area contributed by atoms with Crippen LogP contribution in [-0.2, 0) is 6.54 Å². The van der Waals surface area contributed by atoms with Gasteiger partial charge in [-0.15, -0.1) is 0 Å². The molecule has 2 aromatic heterocycles. The Morgan fingerprint density at radius 3 is 2.50 bits per heavy atom. The van der Waals surface area contributed by atoms with Crippen LogP contribution < -0.4 is 0 Å². The molecule has 22 heavy (non-hydrogen) atoms. The van der Waals surface area contributed by atoms with Gasteiger partial charge in [0.05, 0.1) is 5.69 Å². The van der Waals surface area contributed by atoms with Crippen LogP contribution in [0.25, 0.3) is 0 Å². The summed E-state index contributed by atoms with van der Waals surface area (Å²) in [4.78, 5) is 18.3. The summed E-state index contributed by atoms with van der Waals surface area (Å²) in [7, 11) is 0. The highest BCUT2D eigenvalue weighted by Gasteiger charge is 2.24. The molecule has 1 fully saturated rings. The molecule has 0 radical (unpaired) electrons. The van der Waals surface area contributed by atoms with E-state index in [1.165, 1.54) is 5.69 Å². The molecule has 1 aliphatic heterocycles. The highest BCUT2D eigenvalue weighted by molar-refractivity contribution is 5.94. The van der Waals surface area contributed by atoms with Gasteiger partial charge in [0.1, 0.15) is 0 Å². The number of aryl methyl sites for hydroxylation is 2. The normalized spacial score (nSPS) is 16.0. The molecule has 0 bridgehead atoms. The number of hydrogen-bond donors (Lipinski definition) is 0. The lowest BCUT2D eigenvalue weighted by atomic mass is 9.96. The van der Waals surface area contributed by atoms with Gasteiger partial charge in [-0.05, 0) is 50.8 Å². The number of carbonyl (C=O) groups is 1. The first kappa shape index (κ1) is 14.8. The van der Waals surface area contributed by atoms with Gasteiger partial charge in [0, 0.05) is 43.3 Å². The van der Waals surface area contributed by atoms with E-state index in [2.05, 4.69) is 27.8 Å². The Hall–Kier alpha value is -2.17. The van der Waals surface area contributed by atoms with Crippen LogP contribution in [0.15, 0.2) is 30.6 Å². The molecule has 2 aromatic rings. The van der Waals surface area contributed by atoms with Crippen LogP contribution in [0.1, 0.15) is 34.6 Å². The average Bonchev–Trinajstić information content (AvgIpc) is 2.86. The molecule has 3 rings (SSSR count). The Labute approximate surface area is 131 Å². The zero-order valence-electron chi connectivity index (χ0n) is 13.2. The van der Waals surface area contributed by atoms with Gasteiger partial charge in [-0.1, -0.05) is 0 Å². The molecule has 5 heteroatoms. The molecule has 0 atom stereocenters. The molecule has 0 aromatic carbocycles. The number of pyridine rings is 1. The van der Waals surface area contributed by atoms with Gasteiger partial charge in [-0.3, -0.25) is 14.5 Å². The van der Waals surface area contributed by atoms with Crippen molar-refractivity contribution in [2.45, 2.75) is 33.2 Å². The predicted octanol–water partition coefficient (Wildman–Crippen LogP) is 2.45. The summed E-state index contributed by atoms with van der Waals surface area (Å²) in [5, 5.41) is 4.54. The lowest BCUT2D eigenvalue weighted by Crippen LogP contribution is -2.39. The van der Waals surface area contributed by atoms with E-state index in [1.54, 1.807) is 24.5 Å². The first-order valence-electron chi connectivity index (χ1n) is 7.84. The number of carbonyl (C=O) groups excluding carboxylic acids is 1. The lowest BCUT2D eigenvalue weighted by molar-refractivity contribution is 0.0680. The molecule has 0 saturated carbocycles. The summed E-state index contributed by atoms with van der Waals surface area (Å²) in [5.41, 5.74) is 3.02. The monoisotopic (exact) mass is 298 g/mol. The Kier molecular flexibility index (Phi) is 4.22. The van der Waals surface area contributed by atoms with E-state index in [1.807, 2.05) is 11.8 Å². The second-order valence-electron chi connectivity index (χ2n) is 6.08. The molecule has 3 heterocycles. The van der Waals surface area contributed by atoms with Crippen molar-refractivity contribution in [2.75, 3.05) is 13.1 Å². The van der Waals surface area contributed by atoms with Crippen molar-refractivity contribution >= 4 is 5.91 Å². The van der Waals surface area contributed by atoms with Crippen LogP contribution in [0.4, 0.5) is 0 Å². The molecule has 5 nitrogen and oxygen atoms in total. The minimum atomic E-state index is 0.118. The maximum absolute atomic E-state index is 12.4. The number of nitrogens with zero attached hydrogens (tertiary/aromatic N) is 4. The first-order chi connectivity index (χ1) is 10.6. The van der Waals surface area contributed by atoms with Gasteiger partial charge in [-0.25, -0.2) is 0 Å². The van der Waals surface area contributed by atoms with Gasteiger partial charge >= 0.3 is 0 Å². The Bertz CT molecular complexity index is 642. The minimum Gasteiger partial charge on any atom is -0.339 e. The summed E-state index contributed by atoms with van der Waals surface area (Å²) < 4.78 is 2.10. The summed E-state index contributed by atoms with van der Waals surface area (Å²) >= 11 is 0. The van der Waals surface area contributed by atoms with Crippen LogP contribution in [0.2, 0.25) is 0 Å². The van der Waals surface area contributed by atoms with Crippen LogP contribution in [0.3, 0.4) is 0 Å². The zero-order chi connectivity index (χ0) is 15.5. The van der Waals surface area contributed by atoms with E-state index in [0.29, 0.717) is 5.92 Å². The van der Waals surface area contributed by atoms with E-state index in [9.17, 15) is 4.79 Å². The predicted molar refractivity (Wildman–Crippen MR) is 84.6 cm³/mol. The fourth-order valence-corrected chi connectivity index (χ4v) is 3.10. The van der Waals surface area contributed by atoms with Crippen LogP contribution >= 0.6 is 0 Å². The maximum atomic E-state index is 12.4. The van der Waals surface area contributed by atoms with E-state index >= 15 is 0 Å². The third-order valence-electron chi connectivity index (χ3n) is 4.36. The van der Waals surface area contributed by atoms with E-state index in [4.69, 9.17) is 0 Å². The molecular weight excluding hydrogens is 276 g/mol. The van der Waals surface area contributed by atoms with Crippen molar-refractivity contribution in [3.8, 4) is 0 Å². The van der Waals surface area contributed by atoms with E-state index in [-0.39, 0.29) is 5.91 Å². The maximum Gasteiger partial charge on any atom is 0.253 e. The highest BCUT2D eigenvalue weighted by Crippen LogP contribution is 2.21. The first-order valence-corrected chi connectivity index (χ1v) is 7.84. The molecule has 0 spiro atoms. The Morgan fingerprint density at radius 1 is 1.23 bits per heavy atom. The van der Waals surface area contributed by atoms with Crippen molar-refractivity contribution < 1.29 is 4.79 Å². The smallest absolute Gasteiger partial charge is 0.253 e. The number of aromatic nitrogens is 3. The van der Waals surface area contributed by atoms with Crippen molar-refractivity contribution in [1.29, 1.82) is 0 Å². The third kappa shape index (κ3) is 3.18. The standard InChI is InChI=1S/C17H22N4O/c1-13-11-14(2)21(19-13)12-15-5-9-20(10-6-15)17(22)16-3-7-18-8-4-16/h3-4,7-8,11,15H,5-6,9-10,12H2,1-2H3. The third-order valence-corrected chi connectivity index (χ3v) is 4.36. The number of piperidine rings is 1. The van der Waals surface area contributed by atoms with Crippen LogP contribution in [0.5, 0.6) is 0 Å². The summed E-state index contributed by atoms with van der Waals surface area (Å²) in [6.45, 7) is 6.73. The molecule has 0 N–H and O–H groups in total. The van der Waals surface area contributed by atoms with Crippen molar-refractivity contribution in [2.24, 2.45) is 5.92 Å². The Morgan fingerprint density at radius 2 is 1.91 bits per heavy atom. The summed E-state index contributed by atoms with van der Waals surface area (Å²) in [6.07, 6.45) is 5.41. The largest absolute Gasteiger partial charge is 0.339 e. The molecule has 0 aliphatic carbocycles. The number of hydrogen-bond acceptors (Lipinski definition) is 3. The van der Waals surface area contributed by atoms with Crippen molar-refractivity contribution in [1.82, 2.24) is 19.7 Å². The highest BCUT2D eigenvalue weighted by atomic mass is 16.2. The van der Waals surface area contributed by atoms with Gasteiger partial charge in [-0.2, -0.15) is 5.10 Å². The summed E-state index contributed by atoms with van der Waals surface area (Å²) in [6, 6.07) is 5.68. The molecular formula is C17H22N4O. The second kappa shape index (κ2) is 6.30. The molecule has 1 amide bonds. The second-order valence-corrected chi connectivity index (χ2v) is 6.08. The van der Waals surface area contributed by atoms with Gasteiger partial charge in [0.15, 0.2) is 0 Å². The van der Waals surface area contributed by atoms with Crippen LogP contribution in [0, 0.1) is 19.8 Å². The quantitative estimate of drug-likeness (QED) is 0.874. The lowest BCUT2D eigenvalue weighted by Gasteiger charge is -2.32. The van der Waals surface area contributed by atoms with Gasteiger partial charge in [0.2, 0.25) is 0 Å². The molecule has 0 unspecified atom stereocenters. The van der Waals surface area contributed by atoms with Gasteiger partial charge in [0.25, 0.3) is 5.91 Å². The van der Waals surface area contributed by atoms with Crippen molar-refractivity contribution in [3.05, 3.63) is 47.5 Å². The SMILES string of the molecule is Cc1cc(C)n(CC2CCN(C(=O)c3ccncc3)CC2)n1. The topological polar surface area (TPSA) is 51.0 Å². The van der Waals surface area contributed by atoms with Crippen LogP contribution in [-0.4, -0.2) is 38.7 Å². The molecule has 116 valence electrons. The summed E-state index contributed by atoms with van der Waals surface area (Å²) in [5.74, 6) is 0.714. The molecule has 1 aliphatic rings. The number of rotatable bonds is 3. The molecule has 1 saturated heterocycles. The fourth-order valence-electron chi connectivity index (χ4n) is 3.10.